The molecule has 7 aromatic carbocycles. The fourth-order valence-corrected chi connectivity index (χ4v) is 26.5. The molecule has 0 aromatic heterocycles. The first-order valence-electron chi connectivity index (χ1n) is 40.1. The van der Waals surface area contributed by atoms with Crippen LogP contribution in [0, 0.1) is 11.8 Å². The van der Waals surface area contributed by atoms with E-state index in [0.29, 0.717) is 50.7 Å². The number of nitrogens with one attached hydrogen (secondary N) is 1. The number of halogens is 6. The number of nitrogens with zero attached hydrogens (tertiary/aromatic N) is 4. The van der Waals surface area contributed by atoms with E-state index in [1.807, 2.05) is 82.3 Å². The molecule has 0 bridgehead atoms. The number of carbonyl (C=O) groups excluding carboxylic acids is 5. The number of nitrogens with two attached hydrogens (primary N) is 1. The Morgan fingerprint density at radius 3 is 1.14 bits per heavy atom. The Morgan fingerprint density at radius 2 is 0.833 bits per heavy atom. The highest BCUT2D eigenvalue weighted by molar-refractivity contribution is 7.00. The average Bonchev–Trinajstić information content (AvgIpc) is 0.763. The summed E-state index contributed by atoms with van der Waals surface area (Å²) in [5.74, 6) is -2.00. The Hall–Kier alpha value is -8.82. The van der Waals surface area contributed by atoms with Crippen molar-refractivity contribution in [3.8, 4) is 11.5 Å². The summed E-state index contributed by atoms with van der Waals surface area (Å²) in [6, 6.07) is 53.9. The fourth-order valence-electron chi connectivity index (χ4n) is 17.3. The molecule has 2 aliphatic carbocycles. The predicted molar refractivity (Wildman–Crippen MR) is 441 cm³/mol. The lowest BCUT2D eigenvalue weighted by Gasteiger charge is -2.44. The van der Waals surface area contributed by atoms with E-state index in [1.165, 1.54) is 64.3 Å². The van der Waals surface area contributed by atoms with Crippen molar-refractivity contribution in [1.82, 2.24) is 15.1 Å². The minimum absolute atomic E-state index is 0.0263. The van der Waals surface area contributed by atoms with Gasteiger partial charge >= 0.3 is 18.4 Å². The van der Waals surface area contributed by atoms with Crippen LogP contribution in [0.25, 0.3) is 0 Å². The van der Waals surface area contributed by atoms with Gasteiger partial charge in [0.15, 0.2) is 11.2 Å². The number of hydrogen-bond acceptors (Lipinski definition) is 11. The second-order valence-electron chi connectivity index (χ2n) is 34.2. The van der Waals surface area contributed by atoms with Crippen LogP contribution < -0.4 is 51.1 Å². The summed E-state index contributed by atoms with van der Waals surface area (Å²) in [4.78, 5) is 74.1. The molecule has 0 radical (unpaired) electrons. The highest BCUT2D eigenvalue weighted by Gasteiger charge is 2.53. The van der Waals surface area contributed by atoms with Crippen LogP contribution in [-0.4, -0.2) is 131 Å². The molecule has 0 spiro atoms. The fraction of sp³-hybridized carbons (Fsp3) is 0.478. The number of hydrogen-bond donors (Lipinski definition) is 2. The largest absolute Gasteiger partial charge is 0.476 e. The predicted octanol–water partition coefficient (Wildman–Crippen LogP) is 17.1. The first kappa shape index (κ1) is 87.6. The van der Waals surface area contributed by atoms with Gasteiger partial charge in [-0.05, 0) is 192 Å². The summed E-state index contributed by atoms with van der Waals surface area (Å²) in [7, 11) is -5.38. The molecular weight excluding hydrogens is 1500 g/mol. The van der Waals surface area contributed by atoms with Crippen LogP contribution in [0.2, 0.25) is 10.1 Å². The Bertz CT molecular complexity index is 4330. The molecule has 11 rings (SSSR count). The van der Waals surface area contributed by atoms with Crippen LogP contribution in [0.3, 0.4) is 0 Å². The maximum atomic E-state index is 14.9. The Morgan fingerprint density at radius 1 is 0.509 bits per heavy atom. The van der Waals surface area contributed by atoms with Crippen LogP contribution in [0.5, 0.6) is 11.5 Å². The van der Waals surface area contributed by atoms with Gasteiger partial charge in [-0.15, -0.1) is 0 Å². The van der Waals surface area contributed by atoms with Crippen molar-refractivity contribution < 1.29 is 73.4 Å². The van der Waals surface area contributed by atoms with Gasteiger partial charge < -0.3 is 53.7 Å². The molecule has 16 nitrogen and oxygen atoms in total. The van der Waals surface area contributed by atoms with Gasteiger partial charge in [0.25, 0.3) is 40.3 Å². The lowest BCUT2D eigenvalue weighted by molar-refractivity contribution is -0.139. The topological polar surface area (TPSA) is 183 Å². The van der Waals surface area contributed by atoms with Gasteiger partial charge in [-0.2, -0.15) is 26.3 Å². The van der Waals surface area contributed by atoms with Crippen LogP contribution >= 0.6 is 0 Å². The third kappa shape index (κ3) is 19.5. The normalized spacial score (nSPS) is 18.5. The molecule has 2 heterocycles. The van der Waals surface area contributed by atoms with Crippen molar-refractivity contribution >= 4 is 78.5 Å². The number of alkyl halides is 6. The summed E-state index contributed by atoms with van der Waals surface area (Å²) in [5.41, 5.74) is 0.588. The lowest BCUT2D eigenvalue weighted by Crippen LogP contribution is -2.66. The maximum Gasteiger partial charge on any atom is 0.417 e. The van der Waals surface area contributed by atoms with Crippen molar-refractivity contribution in [1.29, 1.82) is 0 Å². The Kier molecular flexibility index (Phi) is 27.8. The number of carbonyl (C=O) groups is 5. The third-order valence-corrected chi connectivity index (χ3v) is 32.9. The summed E-state index contributed by atoms with van der Waals surface area (Å²) < 4.78 is 120. The molecule has 2 saturated carbocycles. The van der Waals surface area contributed by atoms with E-state index in [1.54, 1.807) is 9.80 Å². The minimum Gasteiger partial charge on any atom is -0.476 e. The van der Waals surface area contributed by atoms with E-state index >= 15 is 0 Å². The van der Waals surface area contributed by atoms with Crippen molar-refractivity contribution in [3.63, 3.8) is 0 Å². The van der Waals surface area contributed by atoms with Gasteiger partial charge in [-0.3, -0.25) is 19.2 Å². The van der Waals surface area contributed by atoms with Gasteiger partial charge in [0.05, 0.1) is 33.6 Å². The van der Waals surface area contributed by atoms with Gasteiger partial charge in [0, 0.05) is 63.6 Å². The molecule has 3 N–H and O–H groups in total. The van der Waals surface area contributed by atoms with Crippen molar-refractivity contribution in [2.24, 2.45) is 17.6 Å². The van der Waals surface area contributed by atoms with Crippen LogP contribution in [0.4, 0.5) is 42.5 Å². The molecule has 0 saturated heterocycles. The zero-order chi connectivity index (χ0) is 82.9. The van der Waals surface area contributed by atoms with E-state index in [0.717, 1.165) is 62.3 Å². The lowest BCUT2D eigenvalue weighted by atomic mass is 9.83. The molecule has 7 aromatic rings. The molecule has 5 amide bonds. The second kappa shape index (κ2) is 36.1. The molecule has 24 heteroatoms. The summed E-state index contributed by atoms with van der Waals surface area (Å²) in [6.07, 6.45) is -2.85. The number of alkyl carbamates (subject to hydrolysis) is 1. The maximum absolute atomic E-state index is 14.9. The van der Waals surface area contributed by atoms with Gasteiger partial charge in [-0.1, -0.05) is 193 Å². The smallest absolute Gasteiger partial charge is 0.417 e. The molecule has 0 atom stereocenters. The first-order valence-corrected chi connectivity index (χ1v) is 43.9. The number of ether oxygens (including phenoxy) is 3. The second-order valence-corrected chi connectivity index (χ2v) is 42.8. The summed E-state index contributed by atoms with van der Waals surface area (Å²) >= 11 is 0. The SMILES string of the molecule is CC(C)N(C(=O)c1cc2c(cc1C(F)(F)F)OC(C)(C)C(=O)N2CCN)C1CCC(CCO[Si](c2ccccc2)(c2ccccc2)C(C)(C)C)CC1.CC(C)N(C(=O)c1cc2c(cc1C(F)(F)F)OC(C)(C)C(=O)N2CCNC(=O)OCc1ccccc1)C1CCC(CCO[Si](c2ccccc2)(c2ccccc2)C(C)(C)C)CC1. The molecule has 114 heavy (non-hydrogen) atoms. The number of rotatable bonds is 25. The summed E-state index contributed by atoms with van der Waals surface area (Å²) in [6.45, 7) is 28.0. The van der Waals surface area contributed by atoms with Crippen molar-refractivity contribution in [2.45, 2.75) is 226 Å². The average molecular weight is 1610 g/mol. The van der Waals surface area contributed by atoms with E-state index in [-0.39, 0.29) is 83.9 Å². The van der Waals surface area contributed by atoms with Gasteiger partial charge in [-0.25, -0.2) is 4.79 Å². The van der Waals surface area contributed by atoms with Crippen LogP contribution in [0.15, 0.2) is 176 Å². The first-order chi connectivity index (χ1) is 53.7. The van der Waals surface area contributed by atoms with Crippen molar-refractivity contribution in [2.75, 3.05) is 49.2 Å². The molecular formula is C90H114F6N6O10Si2. The number of fused-ring (bicyclic) bond motifs is 2. The number of anilines is 2. The van der Waals surface area contributed by atoms with Crippen LogP contribution in [0.1, 0.15) is 199 Å². The van der Waals surface area contributed by atoms with Gasteiger partial charge in [0.1, 0.15) is 18.1 Å². The summed E-state index contributed by atoms with van der Waals surface area (Å²) in [5, 5.41) is 7.22. The molecule has 4 aliphatic rings. The highest BCUT2D eigenvalue weighted by atomic mass is 28.4. The standard InChI is InChI=1S/C49H60F3N3O6Si.C41H54F3N3O4Si/c1-34(2)55(37-25-23-35(24-26-37)27-30-60-62(47(3,4)5,38-19-13-9-14-20-38)39-21-15-10-16-22-39)44(56)40-31-42-43(32-41(40)49(50,51)52)61-48(6,7)45(57)54(42)29-28-53-46(58)59-33-36-17-11-8-12-18-36;1-28(2)47(37(48)33-26-35-36(27-34(33)41(42,43)44)51-40(6,7)38(49)46(35)24-23-45)30-20-18-29(19-21-30)22-25-50-52(39(3,4)5,31-14-10-8-11-15-31)32-16-12-9-13-17-32/h8-22,31-32,34-35,37H,23-30,33H2,1-7H3,(H,53,58);8-17,26-30H,18-25,45H2,1-7H3. The van der Waals surface area contributed by atoms with E-state index in [2.05, 4.69) is 144 Å². The number of amides is 5. The highest BCUT2D eigenvalue weighted by Crippen LogP contribution is 2.48. The van der Waals surface area contributed by atoms with E-state index in [9.17, 15) is 50.3 Å². The quantitative estimate of drug-likeness (QED) is 0.0410. The monoisotopic (exact) mass is 1610 g/mol. The Labute approximate surface area is 671 Å². The van der Waals surface area contributed by atoms with E-state index in [4.69, 9.17) is 28.8 Å². The van der Waals surface area contributed by atoms with Crippen molar-refractivity contribution in [3.05, 3.63) is 204 Å². The third-order valence-electron chi connectivity index (χ3n) is 22.8. The zero-order valence-electron chi connectivity index (χ0n) is 68.4. The zero-order valence-corrected chi connectivity index (χ0v) is 70.4. The molecule has 2 aliphatic heterocycles. The van der Waals surface area contributed by atoms with E-state index < -0.39 is 98.2 Å². The van der Waals surface area contributed by atoms with Crippen LogP contribution in [-0.2, 0) is 42.1 Å². The minimum atomic E-state index is -4.89. The molecule has 0 unspecified atom stereocenters. The van der Waals surface area contributed by atoms with Gasteiger partial charge in [0.2, 0.25) is 0 Å². The number of benzene rings is 7. The molecule has 614 valence electrons. The Balaban J connectivity index is 0.000000245. The molecule has 2 fully saturated rings.